The molecule has 9 heteroatoms. The van der Waals surface area contributed by atoms with E-state index in [4.69, 9.17) is 4.74 Å². The van der Waals surface area contributed by atoms with Gasteiger partial charge < -0.3 is 4.74 Å². The highest BCUT2D eigenvalue weighted by molar-refractivity contribution is 5.14. The lowest BCUT2D eigenvalue weighted by Gasteiger charge is -2.37. The Hall–Kier alpha value is -1.14. The van der Waals surface area contributed by atoms with E-state index in [0.29, 0.717) is 90.7 Å². The summed E-state index contributed by atoms with van der Waals surface area (Å²) in [7, 11) is 0. The molecule has 48 heavy (non-hydrogen) atoms. The Morgan fingerprint density at radius 3 is 1.10 bits per heavy atom. The molecule has 1 aromatic rings. The van der Waals surface area contributed by atoms with Gasteiger partial charge in [-0.25, -0.2) is 0 Å². The van der Waals surface area contributed by atoms with E-state index in [-0.39, 0.29) is 6.17 Å². The minimum atomic E-state index is 0.288. The third-order valence-corrected chi connectivity index (χ3v) is 15.2. The molecule has 8 bridgehead atoms. The Morgan fingerprint density at radius 2 is 0.729 bits per heavy atom. The molecule has 9 fully saturated rings. The van der Waals surface area contributed by atoms with E-state index in [2.05, 4.69) is 72.9 Å². The van der Waals surface area contributed by atoms with Gasteiger partial charge in [-0.2, -0.15) is 0 Å². The second kappa shape index (κ2) is 13.4. The first-order chi connectivity index (χ1) is 23.7. The summed E-state index contributed by atoms with van der Waals surface area (Å²) in [5.41, 5.74) is 1.29. The van der Waals surface area contributed by atoms with Gasteiger partial charge in [0.25, 0.3) is 0 Å². The molecular formula is C39H62N8O. The molecule has 17 atom stereocenters. The van der Waals surface area contributed by atoms with Crippen LogP contribution in [0.3, 0.4) is 0 Å². The predicted molar refractivity (Wildman–Crippen MR) is 188 cm³/mol. The van der Waals surface area contributed by atoms with Gasteiger partial charge in [0.1, 0.15) is 0 Å². The number of hydrogen-bond acceptors (Lipinski definition) is 9. The SMILES string of the molecule is c1ccc(COC2CCC3C4NC5NC(NC6NC(NC7NC(NC(N4)C3C2)C2CCCCC72)C2CCCCC62)C2CCCCC52)cc1. The Balaban J connectivity index is 0.944. The fraction of sp³-hybridized carbons (Fsp3) is 0.846. The summed E-state index contributed by atoms with van der Waals surface area (Å²) in [4.78, 5) is 0. The molecule has 9 nitrogen and oxygen atoms in total. The van der Waals surface area contributed by atoms with E-state index in [0.717, 1.165) is 25.4 Å². The molecule has 4 aliphatic carbocycles. The number of benzene rings is 1. The quantitative estimate of drug-likeness (QED) is 0.246. The summed E-state index contributed by atoms with van der Waals surface area (Å²) in [6.45, 7) is 0.721. The average Bonchev–Trinajstić information content (AvgIpc) is 3.87. The van der Waals surface area contributed by atoms with Crippen molar-refractivity contribution in [3.8, 4) is 0 Å². The summed E-state index contributed by atoms with van der Waals surface area (Å²) >= 11 is 0. The van der Waals surface area contributed by atoms with E-state index >= 15 is 0 Å². The van der Waals surface area contributed by atoms with Crippen LogP contribution in [0.25, 0.3) is 0 Å². The summed E-state index contributed by atoms with van der Waals surface area (Å²) in [5, 5.41) is 34.0. The van der Waals surface area contributed by atoms with E-state index in [1.165, 1.54) is 89.0 Å². The Morgan fingerprint density at radius 1 is 0.396 bits per heavy atom. The lowest BCUT2D eigenvalue weighted by atomic mass is 9.76. The minimum Gasteiger partial charge on any atom is -0.374 e. The zero-order chi connectivity index (χ0) is 31.6. The van der Waals surface area contributed by atoms with Gasteiger partial charge in [-0.3, -0.25) is 42.5 Å². The van der Waals surface area contributed by atoms with Crippen LogP contribution in [0.2, 0.25) is 0 Å². The summed E-state index contributed by atoms with van der Waals surface area (Å²) in [6.07, 6.45) is 23.0. The van der Waals surface area contributed by atoms with Crippen molar-refractivity contribution < 1.29 is 4.74 Å². The monoisotopic (exact) mass is 659 g/mol. The molecule has 0 spiro atoms. The van der Waals surface area contributed by atoms with E-state index in [1.54, 1.807) is 0 Å². The fourth-order valence-electron chi connectivity index (χ4n) is 12.9. The summed E-state index contributed by atoms with van der Waals surface area (Å²) < 4.78 is 6.65. The normalized spacial score (nSPS) is 51.5. The maximum Gasteiger partial charge on any atom is 0.0720 e. The highest BCUT2D eigenvalue weighted by atomic mass is 16.5. The molecular weight excluding hydrogens is 596 g/mol. The first-order valence-corrected chi connectivity index (χ1v) is 20.5. The highest BCUT2D eigenvalue weighted by Crippen LogP contribution is 2.46. The van der Waals surface area contributed by atoms with Crippen molar-refractivity contribution in [2.45, 2.75) is 158 Å². The maximum absolute atomic E-state index is 6.65. The topological polar surface area (TPSA) is 105 Å². The molecule has 4 saturated carbocycles. The van der Waals surface area contributed by atoms with Crippen LogP contribution in [-0.4, -0.2) is 55.4 Å². The molecule has 1 aromatic carbocycles. The standard InChI is InChI=1S/C39H62N8O/c1-2-10-22(11-3-1)21-48-23-18-19-30-31(20-23)39-46-37-29-17-9-8-16-28(29)35(44-37)42-33-25-13-5-4-12-24(25)32(40-33)41-34-26-14-6-7-15-27(26)36(43-34)45-38(30)47-39/h1-3,10-11,23-47H,4-9,12-21H2. The van der Waals surface area contributed by atoms with Crippen molar-refractivity contribution in [1.82, 2.24) is 42.5 Å². The van der Waals surface area contributed by atoms with E-state index < -0.39 is 0 Å². The number of nitrogens with one attached hydrogen (secondary N) is 8. The van der Waals surface area contributed by atoms with Gasteiger partial charge in [-0.15, -0.1) is 0 Å². The fourth-order valence-corrected chi connectivity index (χ4v) is 12.9. The smallest absolute Gasteiger partial charge is 0.0720 e. The zero-order valence-corrected chi connectivity index (χ0v) is 28.9. The second-order valence-corrected chi connectivity index (χ2v) is 17.6. The molecule has 0 amide bonds. The average molecular weight is 659 g/mol. The maximum atomic E-state index is 6.65. The first-order valence-electron chi connectivity index (χ1n) is 20.5. The summed E-state index contributed by atoms with van der Waals surface area (Å²) in [5.74, 6) is 5.39. The lowest BCUT2D eigenvalue weighted by Crippen LogP contribution is -2.61. The van der Waals surface area contributed by atoms with E-state index in [9.17, 15) is 0 Å². The van der Waals surface area contributed by atoms with Crippen LogP contribution < -0.4 is 42.5 Å². The van der Waals surface area contributed by atoms with Crippen LogP contribution in [-0.2, 0) is 11.3 Å². The Bertz CT molecular complexity index is 1250. The van der Waals surface area contributed by atoms with Crippen LogP contribution in [0.4, 0.5) is 0 Å². The van der Waals surface area contributed by atoms with Crippen LogP contribution in [0, 0.1) is 47.3 Å². The Labute approximate surface area is 288 Å². The van der Waals surface area contributed by atoms with Gasteiger partial charge in [0.2, 0.25) is 0 Å². The van der Waals surface area contributed by atoms with Crippen LogP contribution in [0.1, 0.15) is 102 Å². The molecule has 0 aromatic heterocycles. The van der Waals surface area contributed by atoms with Gasteiger partial charge in [0.05, 0.1) is 62.0 Å². The molecule has 5 heterocycles. The summed E-state index contributed by atoms with van der Waals surface area (Å²) in [6, 6.07) is 10.8. The lowest BCUT2D eigenvalue weighted by molar-refractivity contribution is -0.0150. The highest BCUT2D eigenvalue weighted by Gasteiger charge is 2.54. The van der Waals surface area contributed by atoms with Crippen LogP contribution >= 0.6 is 0 Å². The molecule has 5 aliphatic heterocycles. The molecule has 10 rings (SSSR count). The molecule has 264 valence electrons. The minimum absolute atomic E-state index is 0.288. The van der Waals surface area contributed by atoms with Gasteiger partial charge in [-0.05, 0) is 111 Å². The largest absolute Gasteiger partial charge is 0.374 e. The van der Waals surface area contributed by atoms with Crippen LogP contribution in [0.5, 0.6) is 0 Å². The van der Waals surface area contributed by atoms with Crippen LogP contribution in [0.15, 0.2) is 30.3 Å². The van der Waals surface area contributed by atoms with Gasteiger partial charge in [0, 0.05) is 0 Å². The first kappa shape index (κ1) is 31.6. The number of hydrogen-bond donors (Lipinski definition) is 8. The zero-order valence-electron chi connectivity index (χ0n) is 28.9. The number of fused-ring (bicyclic) bond motifs is 20. The third kappa shape index (κ3) is 5.81. The van der Waals surface area contributed by atoms with Crippen molar-refractivity contribution in [2.24, 2.45) is 47.3 Å². The molecule has 17 unspecified atom stereocenters. The van der Waals surface area contributed by atoms with Crippen molar-refractivity contribution in [3.63, 3.8) is 0 Å². The van der Waals surface area contributed by atoms with E-state index in [1.807, 2.05) is 0 Å². The Kier molecular flexibility index (Phi) is 8.84. The molecule has 5 saturated heterocycles. The second-order valence-electron chi connectivity index (χ2n) is 17.6. The molecule has 8 N–H and O–H groups in total. The van der Waals surface area contributed by atoms with Gasteiger partial charge in [0.15, 0.2) is 0 Å². The van der Waals surface area contributed by atoms with Crippen molar-refractivity contribution in [3.05, 3.63) is 35.9 Å². The number of ether oxygens (including phenoxy) is 1. The molecule has 0 radical (unpaired) electrons. The van der Waals surface area contributed by atoms with Gasteiger partial charge in [-0.1, -0.05) is 68.9 Å². The van der Waals surface area contributed by atoms with Gasteiger partial charge >= 0.3 is 0 Å². The van der Waals surface area contributed by atoms with Crippen molar-refractivity contribution in [1.29, 1.82) is 0 Å². The number of rotatable bonds is 3. The van der Waals surface area contributed by atoms with Crippen molar-refractivity contribution in [2.75, 3.05) is 0 Å². The third-order valence-electron chi connectivity index (χ3n) is 15.2. The predicted octanol–water partition coefficient (Wildman–Crippen LogP) is 3.80. The van der Waals surface area contributed by atoms with Crippen molar-refractivity contribution >= 4 is 0 Å². The molecule has 9 aliphatic rings.